The van der Waals surface area contributed by atoms with Crippen LogP contribution in [-0.4, -0.2) is 27.2 Å². The number of nitrogens with one attached hydrogen (secondary N) is 2. The van der Waals surface area contributed by atoms with Crippen LogP contribution in [0.5, 0.6) is 0 Å². The van der Waals surface area contributed by atoms with Gasteiger partial charge in [0.25, 0.3) is 11.6 Å². The molecule has 8 nitrogen and oxygen atoms in total. The van der Waals surface area contributed by atoms with Gasteiger partial charge >= 0.3 is 0 Å². The normalized spacial score (nSPS) is 10.2. The second-order valence-corrected chi connectivity index (χ2v) is 4.35. The van der Waals surface area contributed by atoms with Gasteiger partial charge in [-0.15, -0.1) is 0 Å². The molecule has 0 saturated heterocycles. The van der Waals surface area contributed by atoms with Crippen LogP contribution >= 0.6 is 0 Å². The molecule has 0 atom stereocenters. The Morgan fingerprint density at radius 3 is 2.76 bits per heavy atom. The van der Waals surface area contributed by atoms with Gasteiger partial charge in [0, 0.05) is 37.5 Å². The Morgan fingerprint density at radius 1 is 1.43 bits per heavy atom. The van der Waals surface area contributed by atoms with Crippen LogP contribution in [0.3, 0.4) is 0 Å². The number of carbonyl (C=O) groups excluding carboxylic acids is 1. The molecule has 2 N–H and O–H groups in total. The van der Waals surface area contributed by atoms with Crippen molar-refractivity contribution < 1.29 is 9.72 Å². The van der Waals surface area contributed by atoms with Crippen molar-refractivity contribution in [2.75, 3.05) is 17.2 Å². The average molecular weight is 289 g/mol. The summed E-state index contributed by atoms with van der Waals surface area (Å²) >= 11 is 0. The van der Waals surface area contributed by atoms with E-state index in [1.54, 1.807) is 24.0 Å². The molecular formula is C13H15N5O3. The minimum absolute atomic E-state index is 0.0637. The molecule has 2 rings (SSSR count). The monoisotopic (exact) mass is 289 g/mol. The highest BCUT2D eigenvalue weighted by atomic mass is 16.6. The predicted molar refractivity (Wildman–Crippen MR) is 78.4 cm³/mol. The molecule has 0 aliphatic heterocycles. The standard InChI is InChI=1S/C13H15N5O3/c1-3-14-10-8-9(4-5-11(10)18(20)21)13(19)15-12-6-7-17(2)16-12/h4-8,14H,3H2,1-2H3,(H,15,16,19). The molecule has 1 heterocycles. The van der Waals surface area contributed by atoms with E-state index < -0.39 is 4.92 Å². The molecule has 0 unspecified atom stereocenters. The maximum Gasteiger partial charge on any atom is 0.292 e. The first-order chi connectivity index (χ1) is 10.0. The van der Waals surface area contributed by atoms with Gasteiger partial charge in [0.1, 0.15) is 5.69 Å². The molecule has 1 aromatic carbocycles. The molecule has 1 aromatic heterocycles. The Kier molecular flexibility index (Phi) is 4.17. The predicted octanol–water partition coefficient (Wildman–Crippen LogP) is 2.01. The van der Waals surface area contributed by atoms with Crippen LogP contribution in [0.1, 0.15) is 17.3 Å². The number of benzene rings is 1. The van der Waals surface area contributed by atoms with E-state index in [-0.39, 0.29) is 11.6 Å². The Hall–Kier alpha value is -2.90. The second kappa shape index (κ2) is 6.04. The summed E-state index contributed by atoms with van der Waals surface area (Å²) in [5.41, 5.74) is 0.574. The lowest BCUT2D eigenvalue weighted by Crippen LogP contribution is -2.13. The highest BCUT2D eigenvalue weighted by Crippen LogP contribution is 2.25. The van der Waals surface area contributed by atoms with Gasteiger partial charge in [0.15, 0.2) is 5.82 Å². The van der Waals surface area contributed by atoms with Gasteiger partial charge in [-0.05, 0) is 19.1 Å². The van der Waals surface area contributed by atoms with Crippen molar-refractivity contribution in [3.05, 3.63) is 46.1 Å². The minimum Gasteiger partial charge on any atom is -0.380 e. The van der Waals surface area contributed by atoms with Crippen LogP contribution in [0.15, 0.2) is 30.5 Å². The number of nitrogens with zero attached hydrogens (tertiary/aromatic N) is 3. The van der Waals surface area contributed by atoms with Crippen LogP contribution in [-0.2, 0) is 7.05 Å². The summed E-state index contributed by atoms with van der Waals surface area (Å²) in [5, 5.41) is 20.5. The summed E-state index contributed by atoms with van der Waals surface area (Å²) in [5.74, 6) is 0.0496. The molecule has 21 heavy (non-hydrogen) atoms. The first kappa shape index (κ1) is 14.5. The van der Waals surface area contributed by atoms with Gasteiger partial charge in [-0.25, -0.2) is 0 Å². The number of aromatic nitrogens is 2. The number of nitro groups is 1. The largest absolute Gasteiger partial charge is 0.380 e. The van der Waals surface area contributed by atoms with E-state index in [0.29, 0.717) is 23.6 Å². The van der Waals surface area contributed by atoms with Gasteiger partial charge < -0.3 is 10.6 Å². The van der Waals surface area contributed by atoms with E-state index in [0.717, 1.165) is 0 Å². The lowest BCUT2D eigenvalue weighted by atomic mass is 10.1. The SMILES string of the molecule is CCNc1cc(C(=O)Nc2ccn(C)n2)ccc1[N+](=O)[O-]. The Labute approximate surface area is 120 Å². The summed E-state index contributed by atoms with van der Waals surface area (Å²) in [6.07, 6.45) is 1.70. The van der Waals surface area contributed by atoms with E-state index >= 15 is 0 Å². The molecular weight excluding hydrogens is 274 g/mol. The molecule has 0 bridgehead atoms. The van der Waals surface area contributed by atoms with Gasteiger partial charge in [-0.3, -0.25) is 19.6 Å². The first-order valence-corrected chi connectivity index (χ1v) is 6.34. The minimum atomic E-state index is -0.488. The summed E-state index contributed by atoms with van der Waals surface area (Å²) in [4.78, 5) is 22.5. The fourth-order valence-electron chi connectivity index (χ4n) is 1.84. The zero-order valence-electron chi connectivity index (χ0n) is 11.7. The topological polar surface area (TPSA) is 102 Å². The number of aryl methyl sites for hydroxylation is 1. The molecule has 2 aromatic rings. The van der Waals surface area contributed by atoms with Crippen molar-refractivity contribution in [1.29, 1.82) is 0 Å². The molecule has 1 amide bonds. The van der Waals surface area contributed by atoms with Crippen LogP contribution in [0.25, 0.3) is 0 Å². The van der Waals surface area contributed by atoms with Crippen LogP contribution in [0.2, 0.25) is 0 Å². The third-order valence-electron chi connectivity index (χ3n) is 2.78. The number of anilines is 2. The number of nitro benzene ring substituents is 1. The molecule has 110 valence electrons. The zero-order chi connectivity index (χ0) is 15.4. The summed E-state index contributed by atoms with van der Waals surface area (Å²) in [6.45, 7) is 2.34. The molecule has 8 heteroatoms. The van der Waals surface area contributed by atoms with Crippen LogP contribution < -0.4 is 10.6 Å². The molecule has 0 aliphatic rings. The van der Waals surface area contributed by atoms with Crippen molar-refractivity contribution in [2.24, 2.45) is 7.05 Å². The third-order valence-corrected chi connectivity index (χ3v) is 2.78. The van der Waals surface area contributed by atoms with Crippen molar-refractivity contribution >= 4 is 23.1 Å². The number of carbonyl (C=O) groups is 1. The lowest BCUT2D eigenvalue weighted by molar-refractivity contribution is -0.384. The fraction of sp³-hybridized carbons (Fsp3) is 0.231. The molecule has 0 spiro atoms. The number of hydrogen-bond acceptors (Lipinski definition) is 5. The van der Waals surface area contributed by atoms with Crippen LogP contribution in [0, 0.1) is 10.1 Å². The fourth-order valence-corrected chi connectivity index (χ4v) is 1.84. The summed E-state index contributed by atoms with van der Waals surface area (Å²) < 4.78 is 1.56. The number of amides is 1. The Bertz CT molecular complexity index is 680. The summed E-state index contributed by atoms with van der Waals surface area (Å²) in [6, 6.07) is 5.84. The molecule has 0 aliphatic carbocycles. The van der Waals surface area contributed by atoms with Crippen molar-refractivity contribution in [3.8, 4) is 0 Å². The van der Waals surface area contributed by atoms with Crippen molar-refractivity contribution in [1.82, 2.24) is 9.78 Å². The number of rotatable bonds is 5. The van der Waals surface area contributed by atoms with Gasteiger partial charge in [-0.1, -0.05) is 0 Å². The van der Waals surface area contributed by atoms with Gasteiger partial charge in [-0.2, -0.15) is 5.10 Å². The maximum absolute atomic E-state index is 12.1. The van der Waals surface area contributed by atoms with E-state index in [4.69, 9.17) is 0 Å². The quantitative estimate of drug-likeness (QED) is 0.647. The van der Waals surface area contributed by atoms with E-state index in [9.17, 15) is 14.9 Å². The summed E-state index contributed by atoms with van der Waals surface area (Å²) in [7, 11) is 1.74. The second-order valence-electron chi connectivity index (χ2n) is 4.35. The molecule has 0 fully saturated rings. The molecule has 0 saturated carbocycles. The smallest absolute Gasteiger partial charge is 0.292 e. The van der Waals surface area contributed by atoms with Crippen molar-refractivity contribution in [3.63, 3.8) is 0 Å². The molecule has 0 radical (unpaired) electrons. The Balaban J connectivity index is 2.24. The van der Waals surface area contributed by atoms with Crippen molar-refractivity contribution in [2.45, 2.75) is 6.92 Å². The average Bonchev–Trinajstić information content (AvgIpc) is 2.84. The van der Waals surface area contributed by atoms with Crippen LogP contribution in [0.4, 0.5) is 17.2 Å². The van der Waals surface area contributed by atoms with Gasteiger partial charge in [0.05, 0.1) is 4.92 Å². The zero-order valence-corrected chi connectivity index (χ0v) is 11.7. The van der Waals surface area contributed by atoms with E-state index in [2.05, 4.69) is 15.7 Å². The Morgan fingerprint density at radius 2 is 2.19 bits per heavy atom. The highest BCUT2D eigenvalue weighted by Gasteiger charge is 2.16. The lowest BCUT2D eigenvalue weighted by Gasteiger charge is -2.07. The van der Waals surface area contributed by atoms with E-state index in [1.807, 2.05) is 6.92 Å². The highest BCUT2D eigenvalue weighted by molar-refractivity contribution is 6.04. The maximum atomic E-state index is 12.1. The van der Waals surface area contributed by atoms with Gasteiger partial charge in [0.2, 0.25) is 0 Å². The first-order valence-electron chi connectivity index (χ1n) is 6.34. The third kappa shape index (κ3) is 3.35. The number of hydrogen-bond donors (Lipinski definition) is 2. The van der Waals surface area contributed by atoms with E-state index in [1.165, 1.54) is 18.2 Å².